The number of anilines is 2. The number of nitrogens with zero attached hydrogens (tertiary/aromatic N) is 5. The second kappa shape index (κ2) is 10.1. The van der Waals surface area contributed by atoms with Crippen LogP contribution in [0.2, 0.25) is 0 Å². The van der Waals surface area contributed by atoms with Gasteiger partial charge in [-0.15, -0.1) is 0 Å². The van der Waals surface area contributed by atoms with E-state index >= 15 is 0 Å². The summed E-state index contributed by atoms with van der Waals surface area (Å²) in [5, 5.41) is 0. The molecule has 4 rings (SSSR count). The zero-order chi connectivity index (χ0) is 23.4. The summed E-state index contributed by atoms with van der Waals surface area (Å²) in [5.74, 6) is 1.33. The molecule has 1 saturated heterocycles. The summed E-state index contributed by atoms with van der Waals surface area (Å²) < 4.78 is 14.1. The fraction of sp³-hybridized carbons (Fsp3) is 0.385. The van der Waals surface area contributed by atoms with Crippen LogP contribution in [0, 0.1) is 5.82 Å². The Morgan fingerprint density at radius 1 is 1.21 bits per heavy atom. The van der Waals surface area contributed by atoms with Crippen molar-refractivity contribution in [3.8, 4) is 11.3 Å². The third-order valence-corrected chi connectivity index (χ3v) is 5.98. The van der Waals surface area contributed by atoms with Gasteiger partial charge in [0.2, 0.25) is 5.91 Å². The molecule has 1 aliphatic heterocycles. The molecule has 3 heterocycles. The van der Waals surface area contributed by atoms with Gasteiger partial charge in [-0.3, -0.25) is 9.78 Å². The van der Waals surface area contributed by atoms with Crippen molar-refractivity contribution in [3.63, 3.8) is 0 Å². The second-order valence-corrected chi connectivity index (χ2v) is 8.69. The molecule has 1 amide bonds. The van der Waals surface area contributed by atoms with Crippen molar-refractivity contribution in [2.45, 2.75) is 52.0 Å². The lowest BCUT2D eigenvalue weighted by Crippen LogP contribution is -2.39. The van der Waals surface area contributed by atoms with Gasteiger partial charge in [0.05, 0.1) is 5.69 Å². The van der Waals surface area contributed by atoms with Crippen molar-refractivity contribution in [2.75, 3.05) is 18.0 Å². The summed E-state index contributed by atoms with van der Waals surface area (Å²) in [6.45, 7) is 7.39. The largest absolute Gasteiger partial charge is 0.342 e. The lowest BCUT2D eigenvalue weighted by molar-refractivity contribution is -0.132. The molecule has 0 bridgehead atoms. The zero-order valence-electron chi connectivity index (χ0n) is 19.4. The first-order chi connectivity index (χ1) is 16.0. The molecule has 0 N–H and O–H groups in total. The van der Waals surface area contributed by atoms with Crippen molar-refractivity contribution in [3.05, 3.63) is 66.5 Å². The van der Waals surface area contributed by atoms with E-state index in [1.54, 1.807) is 18.5 Å². The van der Waals surface area contributed by atoms with E-state index in [1.165, 1.54) is 12.1 Å². The van der Waals surface area contributed by atoms with Crippen molar-refractivity contribution >= 4 is 17.4 Å². The second-order valence-electron chi connectivity index (χ2n) is 8.69. The van der Waals surface area contributed by atoms with E-state index in [9.17, 15) is 9.18 Å². The Balaban J connectivity index is 1.80. The molecular formula is C26H30FN5O. The van der Waals surface area contributed by atoms with Crippen LogP contribution in [0.3, 0.4) is 0 Å². The van der Waals surface area contributed by atoms with Gasteiger partial charge in [0.1, 0.15) is 17.5 Å². The van der Waals surface area contributed by atoms with E-state index in [-0.39, 0.29) is 23.7 Å². The topological polar surface area (TPSA) is 62.2 Å². The first-order valence-electron chi connectivity index (χ1n) is 11.6. The van der Waals surface area contributed by atoms with Gasteiger partial charge in [-0.2, -0.15) is 0 Å². The number of benzene rings is 1. The van der Waals surface area contributed by atoms with Gasteiger partial charge >= 0.3 is 0 Å². The summed E-state index contributed by atoms with van der Waals surface area (Å²) in [7, 11) is 0. The van der Waals surface area contributed by atoms with Crippen LogP contribution < -0.4 is 4.90 Å². The van der Waals surface area contributed by atoms with Crippen LogP contribution in [0.1, 0.15) is 51.8 Å². The highest BCUT2D eigenvalue weighted by Gasteiger charge is 2.28. The number of rotatable bonds is 6. The zero-order valence-corrected chi connectivity index (χ0v) is 19.4. The Labute approximate surface area is 194 Å². The van der Waals surface area contributed by atoms with Crippen LogP contribution in [-0.4, -0.2) is 44.9 Å². The molecule has 1 fully saturated rings. The molecule has 0 aliphatic carbocycles. The molecule has 6 nitrogen and oxygen atoms in total. The number of halogens is 1. The van der Waals surface area contributed by atoms with E-state index < -0.39 is 0 Å². The number of likely N-dealkylation sites (tertiary alicyclic amines) is 1. The van der Waals surface area contributed by atoms with Crippen molar-refractivity contribution in [1.82, 2.24) is 19.9 Å². The highest BCUT2D eigenvalue weighted by molar-refractivity contribution is 5.76. The van der Waals surface area contributed by atoms with Crippen molar-refractivity contribution < 1.29 is 9.18 Å². The smallest absolute Gasteiger partial charge is 0.222 e. The maximum atomic E-state index is 14.1. The standard InChI is InChI=1S/C26H30FN5O/c1-4-25(33)31-13-7-9-20(17-31)26-29-23(19-8-6-12-28-16-19)15-24(30-26)32(18(2)3)22-11-5-10-21(27)14-22/h5-6,8,10-12,14-16,18,20H,4,7,9,13,17H2,1-3H3. The van der Waals surface area contributed by atoms with Gasteiger partial charge in [-0.1, -0.05) is 13.0 Å². The van der Waals surface area contributed by atoms with Gasteiger partial charge in [-0.05, 0) is 57.0 Å². The quantitative estimate of drug-likeness (QED) is 0.510. The molecule has 1 unspecified atom stereocenters. The van der Waals surface area contributed by atoms with E-state index in [1.807, 2.05) is 41.0 Å². The number of carbonyl (C=O) groups is 1. The summed E-state index contributed by atoms with van der Waals surface area (Å²) in [5.41, 5.74) is 2.39. The van der Waals surface area contributed by atoms with Crippen molar-refractivity contribution in [1.29, 1.82) is 0 Å². The molecule has 1 aromatic carbocycles. The minimum Gasteiger partial charge on any atom is -0.342 e. The Kier molecular flexibility index (Phi) is 6.96. The molecule has 172 valence electrons. The highest BCUT2D eigenvalue weighted by atomic mass is 19.1. The average Bonchev–Trinajstić information content (AvgIpc) is 2.84. The van der Waals surface area contributed by atoms with Crippen LogP contribution >= 0.6 is 0 Å². The fourth-order valence-corrected chi connectivity index (χ4v) is 4.38. The molecule has 0 saturated carbocycles. The van der Waals surface area contributed by atoms with Crippen molar-refractivity contribution in [2.24, 2.45) is 0 Å². The van der Waals surface area contributed by atoms with Gasteiger partial charge in [-0.25, -0.2) is 14.4 Å². The predicted octanol–water partition coefficient (Wildman–Crippen LogP) is 5.34. The number of pyridine rings is 1. The molecule has 1 aliphatic rings. The maximum absolute atomic E-state index is 14.1. The van der Waals surface area contributed by atoms with Crippen LogP contribution in [0.4, 0.5) is 15.9 Å². The van der Waals surface area contributed by atoms with E-state index in [4.69, 9.17) is 9.97 Å². The Hall–Kier alpha value is -3.35. The first kappa shape index (κ1) is 22.8. The monoisotopic (exact) mass is 447 g/mol. The third kappa shape index (κ3) is 5.18. The minimum absolute atomic E-state index is 0.0424. The maximum Gasteiger partial charge on any atom is 0.222 e. The average molecular weight is 448 g/mol. The molecule has 0 radical (unpaired) electrons. The lowest BCUT2D eigenvalue weighted by atomic mass is 9.96. The van der Waals surface area contributed by atoms with Crippen LogP contribution in [-0.2, 0) is 4.79 Å². The highest BCUT2D eigenvalue weighted by Crippen LogP contribution is 2.33. The number of aromatic nitrogens is 3. The Morgan fingerprint density at radius 2 is 2.06 bits per heavy atom. The summed E-state index contributed by atoms with van der Waals surface area (Å²) in [6, 6.07) is 12.4. The minimum atomic E-state index is -0.291. The molecular weight excluding hydrogens is 417 g/mol. The van der Waals surface area contributed by atoms with E-state index in [2.05, 4.69) is 18.8 Å². The van der Waals surface area contributed by atoms with Gasteiger partial charge in [0.15, 0.2) is 0 Å². The van der Waals surface area contributed by atoms with Crippen LogP contribution in [0.15, 0.2) is 54.9 Å². The molecule has 33 heavy (non-hydrogen) atoms. The molecule has 3 aromatic rings. The molecule has 1 atom stereocenters. The lowest BCUT2D eigenvalue weighted by Gasteiger charge is -2.33. The number of piperidine rings is 1. The first-order valence-corrected chi connectivity index (χ1v) is 11.6. The van der Waals surface area contributed by atoms with Gasteiger partial charge in [0, 0.05) is 61.2 Å². The molecule has 0 spiro atoms. The Morgan fingerprint density at radius 3 is 2.76 bits per heavy atom. The summed E-state index contributed by atoms with van der Waals surface area (Å²) in [6.07, 6.45) is 5.85. The van der Waals surface area contributed by atoms with Gasteiger partial charge in [0.25, 0.3) is 0 Å². The normalized spacial score (nSPS) is 16.2. The third-order valence-electron chi connectivity index (χ3n) is 5.98. The number of hydrogen-bond donors (Lipinski definition) is 0. The summed E-state index contributed by atoms with van der Waals surface area (Å²) in [4.78, 5) is 30.4. The summed E-state index contributed by atoms with van der Waals surface area (Å²) >= 11 is 0. The van der Waals surface area contributed by atoms with Crippen LogP contribution in [0.5, 0.6) is 0 Å². The SMILES string of the molecule is CCC(=O)N1CCCC(c2nc(-c3cccnc3)cc(N(c3cccc(F)c3)C(C)C)n2)C1. The number of amides is 1. The molecule has 7 heteroatoms. The number of hydrogen-bond acceptors (Lipinski definition) is 5. The van der Waals surface area contributed by atoms with E-state index in [0.717, 1.165) is 36.3 Å². The molecule has 2 aromatic heterocycles. The number of carbonyl (C=O) groups excluding carboxylic acids is 1. The fourth-order valence-electron chi connectivity index (χ4n) is 4.38. The van der Waals surface area contributed by atoms with Crippen LogP contribution in [0.25, 0.3) is 11.3 Å². The van der Waals surface area contributed by atoms with E-state index in [0.29, 0.717) is 24.6 Å². The van der Waals surface area contributed by atoms with Gasteiger partial charge < -0.3 is 9.80 Å². The predicted molar refractivity (Wildman–Crippen MR) is 128 cm³/mol. The Bertz CT molecular complexity index is 1100.